The number of hydrogen-bond donors (Lipinski definition) is 1. The molecule has 0 heterocycles. The number of nitrogens with zero attached hydrogens (tertiary/aromatic N) is 1. The molecule has 112 valence electrons. The predicted octanol–water partition coefficient (Wildman–Crippen LogP) is 3.58. The molecule has 0 amide bonds. The highest BCUT2D eigenvalue weighted by Gasteiger charge is 2.23. The standard InChI is InChI=1S/C14H20F2N2O2/c1-3-5-12(17-6-4-2)8-10-7-11(15)9-13(16)14(10)18(19)20/h7,9,12,17H,3-6,8H2,1-2H3. The van der Waals surface area contributed by atoms with Gasteiger partial charge >= 0.3 is 5.69 Å². The van der Waals surface area contributed by atoms with Crippen LogP contribution in [0.25, 0.3) is 0 Å². The molecular formula is C14H20F2N2O2. The predicted molar refractivity (Wildman–Crippen MR) is 73.7 cm³/mol. The van der Waals surface area contributed by atoms with E-state index in [2.05, 4.69) is 5.32 Å². The lowest BCUT2D eigenvalue weighted by molar-refractivity contribution is -0.388. The molecular weight excluding hydrogens is 266 g/mol. The van der Waals surface area contributed by atoms with Crippen LogP contribution in [0.15, 0.2) is 12.1 Å². The summed E-state index contributed by atoms with van der Waals surface area (Å²) in [4.78, 5) is 10.1. The van der Waals surface area contributed by atoms with Crippen LogP contribution in [-0.2, 0) is 6.42 Å². The molecule has 1 aromatic rings. The Morgan fingerprint density at radius 2 is 2.00 bits per heavy atom. The molecule has 6 heteroatoms. The molecule has 0 radical (unpaired) electrons. The minimum absolute atomic E-state index is 0.0140. The highest BCUT2D eigenvalue weighted by Crippen LogP contribution is 2.25. The van der Waals surface area contributed by atoms with E-state index in [4.69, 9.17) is 0 Å². The first-order valence-electron chi connectivity index (χ1n) is 6.85. The molecule has 20 heavy (non-hydrogen) atoms. The van der Waals surface area contributed by atoms with Crippen molar-refractivity contribution in [1.29, 1.82) is 0 Å². The van der Waals surface area contributed by atoms with E-state index in [0.717, 1.165) is 31.9 Å². The second-order valence-corrected chi connectivity index (χ2v) is 4.80. The van der Waals surface area contributed by atoms with Crippen molar-refractivity contribution in [3.8, 4) is 0 Å². The first-order chi connectivity index (χ1) is 9.49. The zero-order valence-corrected chi connectivity index (χ0v) is 11.8. The summed E-state index contributed by atoms with van der Waals surface area (Å²) >= 11 is 0. The van der Waals surface area contributed by atoms with Crippen LogP contribution in [0.1, 0.15) is 38.7 Å². The molecule has 0 spiro atoms. The van der Waals surface area contributed by atoms with Crippen molar-refractivity contribution in [2.24, 2.45) is 0 Å². The van der Waals surface area contributed by atoms with Crippen LogP contribution < -0.4 is 5.32 Å². The number of rotatable bonds is 8. The van der Waals surface area contributed by atoms with Crippen molar-refractivity contribution in [2.75, 3.05) is 6.54 Å². The van der Waals surface area contributed by atoms with Gasteiger partial charge in [0, 0.05) is 17.7 Å². The average Bonchev–Trinajstić information content (AvgIpc) is 2.34. The summed E-state index contributed by atoms with van der Waals surface area (Å²) < 4.78 is 26.8. The SMILES string of the molecule is CCCNC(CCC)Cc1cc(F)cc(F)c1[N+](=O)[O-]. The Labute approximate surface area is 117 Å². The average molecular weight is 286 g/mol. The molecule has 4 nitrogen and oxygen atoms in total. The summed E-state index contributed by atoms with van der Waals surface area (Å²) in [7, 11) is 0. The van der Waals surface area contributed by atoms with Gasteiger partial charge in [-0.1, -0.05) is 20.3 Å². The lowest BCUT2D eigenvalue weighted by Crippen LogP contribution is -2.32. The Morgan fingerprint density at radius 3 is 2.55 bits per heavy atom. The highest BCUT2D eigenvalue weighted by molar-refractivity contribution is 5.42. The molecule has 0 saturated carbocycles. The first kappa shape index (κ1) is 16.5. The second-order valence-electron chi connectivity index (χ2n) is 4.80. The number of benzene rings is 1. The number of nitrogens with one attached hydrogen (secondary N) is 1. The smallest absolute Gasteiger partial charge is 0.308 e. The van der Waals surface area contributed by atoms with Crippen LogP contribution in [0.5, 0.6) is 0 Å². The molecule has 0 aliphatic carbocycles. The molecule has 1 unspecified atom stereocenters. The number of nitro benzene ring substituents is 1. The topological polar surface area (TPSA) is 55.2 Å². The lowest BCUT2D eigenvalue weighted by Gasteiger charge is -2.18. The molecule has 0 aromatic heterocycles. The molecule has 1 rings (SSSR count). The van der Waals surface area contributed by atoms with Crippen LogP contribution >= 0.6 is 0 Å². The first-order valence-corrected chi connectivity index (χ1v) is 6.85. The van der Waals surface area contributed by atoms with Crippen LogP contribution in [0, 0.1) is 21.7 Å². The van der Waals surface area contributed by atoms with E-state index >= 15 is 0 Å². The minimum atomic E-state index is -1.12. The Balaban J connectivity index is 3.01. The zero-order chi connectivity index (χ0) is 15.1. The minimum Gasteiger partial charge on any atom is -0.314 e. The summed E-state index contributed by atoms with van der Waals surface area (Å²) in [5.41, 5.74) is -0.514. The number of halogens is 2. The third kappa shape index (κ3) is 4.52. The van der Waals surface area contributed by atoms with E-state index < -0.39 is 22.2 Å². The van der Waals surface area contributed by atoms with Gasteiger partial charge in [0.05, 0.1) is 4.92 Å². The number of hydrogen-bond acceptors (Lipinski definition) is 3. The molecule has 1 atom stereocenters. The second kappa shape index (κ2) is 7.89. The molecule has 0 aliphatic rings. The maximum atomic E-state index is 13.5. The normalized spacial score (nSPS) is 12.4. The van der Waals surface area contributed by atoms with Crippen molar-refractivity contribution in [2.45, 2.75) is 45.6 Å². The van der Waals surface area contributed by atoms with Gasteiger partial charge in [-0.15, -0.1) is 0 Å². The van der Waals surface area contributed by atoms with E-state index in [9.17, 15) is 18.9 Å². The third-order valence-corrected chi connectivity index (χ3v) is 3.08. The molecule has 0 fully saturated rings. The summed E-state index contributed by atoms with van der Waals surface area (Å²) in [6.45, 7) is 4.79. The van der Waals surface area contributed by atoms with Gasteiger partial charge in [0.15, 0.2) is 0 Å². The van der Waals surface area contributed by atoms with E-state index in [1.807, 2.05) is 13.8 Å². The van der Waals surface area contributed by atoms with Gasteiger partial charge in [-0.3, -0.25) is 10.1 Å². The Bertz CT molecular complexity index is 467. The summed E-state index contributed by atoms with van der Waals surface area (Å²) in [6.07, 6.45) is 2.88. The van der Waals surface area contributed by atoms with Gasteiger partial charge in [0.1, 0.15) is 5.82 Å². The van der Waals surface area contributed by atoms with Crippen LogP contribution in [0.4, 0.5) is 14.5 Å². The fraction of sp³-hybridized carbons (Fsp3) is 0.571. The fourth-order valence-corrected chi connectivity index (χ4v) is 2.22. The third-order valence-electron chi connectivity index (χ3n) is 3.08. The van der Waals surface area contributed by atoms with Gasteiger partial charge < -0.3 is 5.32 Å². The van der Waals surface area contributed by atoms with E-state index in [-0.39, 0.29) is 18.0 Å². The Morgan fingerprint density at radius 1 is 1.30 bits per heavy atom. The molecule has 1 aromatic carbocycles. The lowest BCUT2D eigenvalue weighted by atomic mass is 10.00. The maximum absolute atomic E-state index is 13.5. The van der Waals surface area contributed by atoms with Gasteiger partial charge in [-0.05, 0) is 31.9 Å². The van der Waals surface area contributed by atoms with Crippen molar-refractivity contribution >= 4 is 5.69 Å². The molecule has 0 aliphatic heterocycles. The van der Waals surface area contributed by atoms with Crippen molar-refractivity contribution < 1.29 is 13.7 Å². The Hall–Kier alpha value is -1.56. The van der Waals surface area contributed by atoms with Crippen LogP contribution in [0.2, 0.25) is 0 Å². The van der Waals surface area contributed by atoms with Crippen LogP contribution in [-0.4, -0.2) is 17.5 Å². The Kier molecular flexibility index (Phi) is 6.51. The maximum Gasteiger partial charge on any atom is 0.308 e. The van der Waals surface area contributed by atoms with Gasteiger partial charge in [0.25, 0.3) is 0 Å². The monoisotopic (exact) mass is 286 g/mol. The zero-order valence-electron chi connectivity index (χ0n) is 11.8. The summed E-state index contributed by atoms with van der Waals surface area (Å²) in [6, 6.07) is 1.59. The summed E-state index contributed by atoms with van der Waals surface area (Å²) in [5, 5.41) is 14.2. The summed E-state index contributed by atoms with van der Waals surface area (Å²) in [5.74, 6) is -1.90. The van der Waals surface area contributed by atoms with E-state index in [1.165, 1.54) is 0 Å². The van der Waals surface area contributed by atoms with Crippen molar-refractivity contribution in [3.05, 3.63) is 39.4 Å². The highest BCUT2D eigenvalue weighted by atomic mass is 19.1. The van der Waals surface area contributed by atoms with E-state index in [1.54, 1.807) is 0 Å². The van der Waals surface area contributed by atoms with Gasteiger partial charge in [-0.2, -0.15) is 4.39 Å². The van der Waals surface area contributed by atoms with Crippen molar-refractivity contribution in [3.63, 3.8) is 0 Å². The van der Waals surface area contributed by atoms with E-state index in [0.29, 0.717) is 6.07 Å². The quantitative estimate of drug-likeness (QED) is 0.587. The van der Waals surface area contributed by atoms with Crippen molar-refractivity contribution in [1.82, 2.24) is 5.32 Å². The number of nitro groups is 1. The van der Waals surface area contributed by atoms with Crippen LogP contribution in [0.3, 0.4) is 0 Å². The van der Waals surface area contributed by atoms with Gasteiger partial charge in [-0.25, -0.2) is 4.39 Å². The molecule has 0 saturated heterocycles. The van der Waals surface area contributed by atoms with Gasteiger partial charge in [0.2, 0.25) is 5.82 Å². The largest absolute Gasteiger partial charge is 0.314 e. The molecule has 1 N–H and O–H groups in total. The molecule has 0 bridgehead atoms. The fourth-order valence-electron chi connectivity index (χ4n) is 2.22.